The molecule has 0 aliphatic heterocycles. The number of nitrogens with one attached hydrogen (secondary N) is 1. The van der Waals surface area contributed by atoms with Gasteiger partial charge in [-0.1, -0.05) is 29.4 Å². The van der Waals surface area contributed by atoms with Crippen LogP contribution in [-0.4, -0.2) is 19.4 Å². The molecule has 7 heteroatoms. The molecule has 5 unspecified atom stereocenters. The van der Waals surface area contributed by atoms with Gasteiger partial charge in [-0.3, -0.25) is 0 Å². The summed E-state index contributed by atoms with van der Waals surface area (Å²) in [6.07, 6.45) is 6.19. The molecule has 0 amide bonds. The molecule has 2 bridgehead atoms. The minimum atomic E-state index is -3.48. The molecule has 5 atom stereocenters. The van der Waals surface area contributed by atoms with Crippen LogP contribution in [-0.2, 0) is 10.0 Å². The Bertz CT molecular complexity index is 673. The van der Waals surface area contributed by atoms with E-state index < -0.39 is 10.0 Å². The topological polar surface area (TPSA) is 59.1 Å². The molecular weight excluding hydrogens is 328 g/mol. The van der Waals surface area contributed by atoms with Crippen molar-refractivity contribution in [3.8, 4) is 0 Å². The highest BCUT2D eigenvalue weighted by molar-refractivity contribution is 7.91. The summed E-state index contributed by atoms with van der Waals surface area (Å²) in [4.78, 5) is 4.02. The molecule has 4 rings (SSSR count). The molecule has 0 spiro atoms. The number of aromatic nitrogens is 1. The predicted octanol–water partition coefficient (Wildman–Crippen LogP) is 3.21. The number of nitrogens with zero attached hydrogens (tertiary/aromatic N) is 1. The summed E-state index contributed by atoms with van der Waals surface area (Å²) in [5.41, 5.74) is 0.499. The smallest absolute Gasteiger partial charge is 0.229 e. The molecule has 3 saturated carbocycles. The van der Waals surface area contributed by atoms with Gasteiger partial charge in [0.2, 0.25) is 0 Å². The summed E-state index contributed by atoms with van der Waals surface area (Å²) in [5.74, 6) is 2.90. The van der Waals surface area contributed by atoms with Crippen LogP contribution in [0.1, 0.15) is 37.8 Å². The SMILES string of the molecule is Cc1nc(Cl)sc1S(=O)(=O)NC1CC2CC1C1CCCC21. The van der Waals surface area contributed by atoms with Crippen molar-refractivity contribution in [2.75, 3.05) is 0 Å². The Hall–Kier alpha value is -0.170. The highest BCUT2D eigenvalue weighted by atomic mass is 35.5. The van der Waals surface area contributed by atoms with E-state index in [0.29, 0.717) is 11.6 Å². The number of thiazole rings is 1. The lowest BCUT2D eigenvalue weighted by Crippen LogP contribution is -2.42. The first-order valence-corrected chi connectivity index (χ1v) is 10.3. The largest absolute Gasteiger partial charge is 0.252 e. The van der Waals surface area contributed by atoms with E-state index in [1.165, 1.54) is 25.7 Å². The van der Waals surface area contributed by atoms with Gasteiger partial charge in [0.1, 0.15) is 0 Å². The Morgan fingerprint density at radius 1 is 1.24 bits per heavy atom. The monoisotopic (exact) mass is 346 g/mol. The third-order valence-corrected chi connectivity index (χ3v) is 9.07. The molecule has 0 radical (unpaired) electrons. The van der Waals surface area contributed by atoms with Crippen LogP contribution >= 0.6 is 22.9 Å². The second kappa shape index (κ2) is 4.91. The summed E-state index contributed by atoms with van der Waals surface area (Å²) in [6, 6.07) is 0.111. The van der Waals surface area contributed by atoms with Crippen LogP contribution in [0.2, 0.25) is 4.47 Å². The summed E-state index contributed by atoms with van der Waals surface area (Å²) in [5, 5.41) is 0. The third kappa shape index (κ3) is 2.26. The predicted molar refractivity (Wildman–Crippen MR) is 83.0 cm³/mol. The molecule has 3 aliphatic carbocycles. The van der Waals surface area contributed by atoms with Crippen molar-refractivity contribution < 1.29 is 8.42 Å². The Morgan fingerprint density at radius 3 is 2.71 bits per heavy atom. The van der Waals surface area contributed by atoms with Gasteiger partial charge in [-0.15, -0.1) is 0 Å². The van der Waals surface area contributed by atoms with Crippen molar-refractivity contribution in [2.45, 2.75) is 49.3 Å². The van der Waals surface area contributed by atoms with Crippen molar-refractivity contribution in [3.05, 3.63) is 10.2 Å². The van der Waals surface area contributed by atoms with Gasteiger partial charge in [-0.05, 0) is 56.3 Å². The molecule has 116 valence electrons. The van der Waals surface area contributed by atoms with Crippen LogP contribution in [0.25, 0.3) is 0 Å². The van der Waals surface area contributed by atoms with Gasteiger partial charge in [-0.25, -0.2) is 18.1 Å². The van der Waals surface area contributed by atoms with E-state index in [1.54, 1.807) is 6.92 Å². The van der Waals surface area contributed by atoms with Crippen LogP contribution in [0.5, 0.6) is 0 Å². The zero-order chi connectivity index (χ0) is 14.8. The van der Waals surface area contributed by atoms with E-state index in [0.717, 1.165) is 35.5 Å². The molecule has 1 N–H and O–H groups in total. The molecule has 0 aromatic carbocycles. The fourth-order valence-corrected chi connectivity index (χ4v) is 8.11. The number of aryl methyl sites for hydroxylation is 1. The molecule has 1 aromatic rings. The molecule has 3 fully saturated rings. The van der Waals surface area contributed by atoms with Crippen molar-refractivity contribution in [1.82, 2.24) is 9.71 Å². The van der Waals surface area contributed by atoms with E-state index in [2.05, 4.69) is 9.71 Å². The van der Waals surface area contributed by atoms with Crippen LogP contribution in [0.4, 0.5) is 0 Å². The van der Waals surface area contributed by atoms with E-state index in [9.17, 15) is 8.42 Å². The average molecular weight is 347 g/mol. The lowest BCUT2D eigenvalue weighted by molar-refractivity contribution is 0.224. The lowest BCUT2D eigenvalue weighted by Gasteiger charge is -2.31. The summed E-state index contributed by atoms with van der Waals surface area (Å²) in [7, 11) is -3.48. The molecule has 1 heterocycles. The number of rotatable bonds is 3. The molecule has 3 aliphatic rings. The molecular formula is C14H19ClN2O2S2. The molecule has 4 nitrogen and oxygen atoms in total. The van der Waals surface area contributed by atoms with E-state index in [-0.39, 0.29) is 14.7 Å². The van der Waals surface area contributed by atoms with E-state index in [1.807, 2.05) is 0 Å². The number of sulfonamides is 1. The summed E-state index contributed by atoms with van der Waals surface area (Å²) in [6.45, 7) is 1.70. The van der Waals surface area contributed by atoms with Gasteiger partial charge >= 0.3 is 0 Å². The quantitative estimate of drug-likeness (QED) is 0.914. The number of fused-ring (bicyclic) bond motifs is 5. The Labute approximate surface area is 134 Å². The van der Waals surface area contributed by atoms with Crippen LogP contribution in [0.15, 0.2) is 4.21 Å². The molecule has 21 heavy (non-hydrogen) atoms. The van der Waals surface area contributed by atoms with Gasteiger partial charge in [0.15, 0.2) is 8.68 Å². The Morgan fingerprint density at radius 2 is 2.00 bits per heavy atom. The maximum absolute atomic E-state index is 12.6. The van der Waals surface area contributed by atoms with Gasteiger partial charge in [0.05, 0.1) is 5.69 Å². The first-order chi connectivity index (χ1) is 9.95. The first-order valence-electron chi connectivity index (χ1n) is 7.61. The number of halogens is 1. The highest BCUT2D eigenvalue weighted by Crippen LogP contribution is 2.58. The zero-order valence-corrected chi connectivity index (χ0v) is 14.3. The number of hydrogen-bond donors (Lipinski definition) is 1. The first kappa shape index (κ1) is 14.4. The lowest BCUT2D eigenvalue weighted by atomic mass is 9.79. The van der Waals surface area contributed by atoms with Gasteiger partial charge in [-0.2, -0.15) is 0 Å². The van der Waals surface area contributed by atoms with Crippen LogP contribution in [0.3, 0.4) is 0 Å². The highest BCUT2D eigenvalue weighted by Gasteiger charge is 2.54. The van der Waals surface area contributed by atoms with Crippen molar-refractivity contribution in [3.63, 3.8) is 0 Å². The van der Waals surface area contributed by atoms with Gasteiger partial charge in [0, 0.05) is 6.04 Å². The van der Waals surface area contributed by atoms with Crippen LogP contribution < -0.4 is 4.72 Å². The maximum Gasteiger partial charge on any atom is 0.252 e. The maximum atomic E-state index is 12.6. The summed E-state index contributed by atoms with van der Waals surface area (Å²) < 4.78 is 28.7. The van der Waals surface area contributed by atoms with Crippen molar-refractivity contribution in [1.29, 1.82) is 0 Å². The number of hydrogen-bond acceptors (Lipinski definition) is 4. The Kier molecular flexibility index (Phi) is 3.37. The normalized spacial score (nSPS) is 38.1. The van der Waals surface area contributed by atoms with Gasteiger partial charge in [0.25, 0.3) is 10.0 Å². The van der Waals surface area contributed by atoms with E-state index in [4.69, 9.17) is 11.6 Å². The fraction of sp³-hybridized carbons (Fsp3) is 0.786. The van der Waals surface area contributed by atoms with E-state index >= 15 is 0 Å². The minimum Gasteiger partial charge on any atom is -0.229 e. The zero-order valence-electron chi connectivity index (χ0n) is 11.9. The van der Waals surface area contributed by atoms with Crippen molar-refractivity contribution in [2.24, 2.45) is 23.7 Å². The average Bonchev–Trinajstić information content (AvgIpc) is 3.09. The Balaban J connectivity index is 1.56. The molecule has 1 aromatic heterocycles. The second-order valence-corrected chi connectivity index (χ2v) is 10.2. The minimum absolute atomic E-state index is 0.111. The third-order valence-electron chi connectivity index (χ3n) is 5.71. The summed E-state index contributed by atoms with van der Waals surface area (Å²) >= 11 is 6.89. The molecule has 0 saturated heterocycles. The van der Waals surface area contributed by atoms with Crippen LogP contribution in [0, 0.1) is 30.6 Å². The van der Waals surface area contributed by atoms with Crippen molar-refractivity contribution >= 4 is 33.0 Å². The fourth-order valence-electron chi connectivity index (χ4n) is 5.06. The second-order valence-electron chi connectivity index (χ2n) is 6.72. The standard InChI is InChI=1S/C14H19ClN2O2S2/c1-7-13(20-14(15)16-7)21(18,19)17-12-6-8-5-11(12)10-4-2-3-9(8)10/h8-12,17H,2-6H2,1H3. The van der Waals surface area contributed by atoms with Gasteiger partial charge < -0.3 is 0 Å².